The Morgan fingerprint density at radius 1 is 1.33 bits per heavy atom. The van der Waals surface area contributed by atoms with Crippen LogP contribution in [0.25, 0.3) is 5.57 Å². The summed E-state index contributed by atoms with van der Waals surface area (Å²) in [5.74, 6) is -0.0484. The molecule has 1 aliphatic rings. The van der Waals surface area contributed by atoms with Crippen molar-refractivity contribution in [3.63, 3.8) is 0 Å². The molecule has 3 heterocycles. The number of carbonyl (C=O) groups excluding carboxylic acids is 1. The number of rotatable bonds is 5. The van der Waals surface area contributed by atoms with E-state index < -0.39 is 15.9 Å². The largest absolute Gasteiger partial charge is 0.382 e. The zero-order valence-electron chi connectivity index (χ0n) is 14.8. The van der Waals surface area contributed by atoms with Crippen LogP contribution in [0.4, 0.5) is 11.6 Å². The van der Waals surface area contributed by atoms with E-state index in [0.29, 0.717) is 24.5 Å². The Hall–Kier alpha value is -2.85. The van der Waals surface area contributed by atoms with Crippen LogP contribution in [0.5, 0.6) is 0 Å². The van der Waals surface area contributed by atoms with Crippen LogP contribution in [-0.4, -0.2) is 52.4 Å². The van der Waals surface area contributed by atoms with Crippen LogP contribution in [0.3, 0.4) is 0 Å². The first kappa shape index (κ1) is 18.9. The molecule has 0 unspecified atom stereocenters. The third-order valence-corrected chi connectivity index (χ3v) is 6.03. The van der Waals surface area contributed by atoms with Crippen molar-refractivity contribution in [1.82, 2.24) is 19.3 Å². The van der Waals surface area contributed by atoms with Crippen LogP contribution in [0.15, 0.2) is 36.7 Å². The second kappa shape index (κ2) is 7.80. The number of nitrogens with zero attached hydrogens (tertiary/aromatic N) is 4. The maximum atomic E-state index is 12.5. The molecule has 0 spiro atoms. The van der Waals surface area contributed by atoms with Crippen LogP contribution >= 0.6 is 0 Å². The van der Waals surface area contributed by atoms with Gasteiger partial charge in [-0.15, -0.1) is 0 Å². The number of pyridine rings is 1. The van der Waals surface area contributed by atoms with Crippen molar-refractivity contribution in [1.29, 1.82) is 0 Å². The van der Waals surface area contributed by atoms with Crippen LogP contribution in [0.1, 0.15) is 29.5 Å². The predicted molar refractivity (Wildman–Crippen MR) is 102 cm³/mol. The van der Waals surface area contributed by atoms with E-state index in [2.05, 4.69) is 20.3 Å². The van der Waals surface area contributed by atoms with Gasteiger partial charge in [-0.25, -0.2) is 23.4 Å². The van der Waals surface area contributed by atoms with E-state index in [1.54, 1.807) is 37.4 Å². The zero-order chi connectivity index (χ0) is 19.4. The third-order valence-electron chi connectivity index (χ3n) is 4.18. The van der Waals surface area contributed by atoms with Crippen molar-refractivity contribution in [3.8, 4) is 0 Å². The normalized spacial score (nSPS) is 15.2. The van der Waals surface area contributed by atoms with Gasteiger partial charge in [0, 0.05) is 19.3 Å². The number of anilines is 2. The first-order valence-electron chi connectivity index (χ1n) is 8.43. The molecule has 142 valence electrons. The molecule has 0 radical (unpaired) electrons. The van der Waals surface area contributed by atoms with E-state index in [1.807, 2.05) is 0 Å². The Morgan fingerprint density at radius 2 is 2.15 bits per heavy atom. The number of amides is 1. The van der Waals surface area contributed by atoms with Crippen LogP contribution in [0, 0.1) is 0 Å². The lowest BCUT2D eigenvalue weighted by molar-refractivity contribution is 0.102. The molecular formula is C17H20N6O3S. The Morgan fingerprint density at radius 3 is 2.78 bits per heavy atom. The first-order chi connectivity index (χ1) is 12.9. The standard InChI is InChI=1S/C17H20N6O3S/c1-2-27(25,26)23-9-6-12(7-10-23)13-11-20-16(18)15(21-13)17(24)22-14-5-3-4-8-19-14/h3-6,8,11H,2,7,9-10H2,1H3,(H2,18,20)(H,19,22,24). The number of nitrogen functional groups attached to an aromatic ring is 1. The Labute approximate surface area is 157 Å². The highest BCUT2D eigenvalue weighted by atomic mass is 32.2. The molecule has 3 rings (SSSR count). The van der Waals surface area contributed by atoms with Gasteiger partial charge in [0.25, 0.3) is 5.91 Å². The van der Waals surface area contributed by atoms with Gasteiger partial charge in [-0.1, -0.05) is 12.1 Å². The van der Waals surface area contributed by atoms with Gasteiger partial charge in [-0.2, -0.15) is 4.31 Å². The monoisotopic (exact) mass is 388 g/mol. The molecule has 0 fully saturated rings. The molecule has 0 atom stereocenters. The van der Waals surface area contributed by atoms with Crippen LogP contribution < -0.4 is 11.1 Å². The molecule has 9 nitrogen and oxygen atoms in total. The number of aromatic nitrogens is 3. The smallest absolute Gasteiger partial charge is 0.279 e. The van der Waals surface area contributed by atoms with E-state index in [0.717, 1.165) is 5.57 Å². The van der Waals surface area contributed by atoms with Gasteiger partial charge in [-0.3, -0.25) is 4.79 Å². The Bertz CT molecular complexity index is 975. The molecule has 27 heavy (non-hydrogen) atoms. The summed E-state index contributed by atoms with van der Waals surface area (Å²) in [4.78, 5) is 24.9. The number of hydrogen-bond acceptors (Lipinski definition) is 7. The topological polar surface area (TPSA) is 131 Å². The summed E-state index contributed by atoms with van der Waals surface area (Å²) in [6.07, 6.45) is 5.32. The minimum atomic E-state index is -3.23. The summed E-state index contributed by atoms with van der Waals surface area (Å²) in [6.45, 7) is 2.25. The molecule has 10 heteroatoms. The molecule has 0 aromatic carbocycles. The van der Waals surface area contributed by atoms with Gasteiger partial charge in [0.2, 0.25) is 10.0 Å². The summed E-state index contributed by atoms with van der Waals surface area (Å²) in [7, 11) is -3.23. The van der Waals surface area contributed by atoms with Crippen molar-refractivity contribution in [2.45, 2.75) is 13.3 Å². The fourth-order valence-corrected chi connectivity index (χ4v) is 3.69. The molecule has 3 N–H and O–H groups in total. The Balaban J connectivity index is 1.81. The quantitative estimate of drug-likeness (QED) is 0.785. The van der Waals surface area contributed by atoms with Crippen molar-refractivity contribution in [2.24, 2.45) is 0 Å². The van der Waals surface area contributed by atoms with E-state index in [-0.39, 0.29) is 23.8 Å². The first-order valence-corrected chi connectivity index (χ1v) is 10.0. The minimum absolute atomic E-state index is 0.00247. The molecule has 1 amide bonds. The number of hydrogen-bond donors (Lipinski definition) is 2. The van der Waals surface area contributed by atoms with Crippen LogP contribution in [-0.2, 0) is 10.0 Å². The summed E-state index contributed by atoms with van der Waals surface area (Å²) >= 11 is 0. The lowest BCUT2D eigenvalue weighted by atomic mass is 10.1. The second-order valence-corrected chi connectivity index (χ2v) is 8.15. The number of carbonyl (C=O) groups is 1. The lowest BCUT2D eigenvalue weighted by Crippen LogP contribution is -2.35. The molecular weight excluding hydrogens is 368 g/mol. The highest BCUT2D eigenvalue weighted by molar-refractivity contribution is 7.89. The van der Waals surface area contributed by atoms with Gasteiger partial charge < -0.3 is 11.1 Å². The summed E-state index contributed by atoms with van der Waals surface area (Å²) < 4.78 is 25.3. The van der Waals surface area contributed by atoms with Crippen molar-refractivity contribution >= 4 is 33.1 Å². The van der Waals surface area contributed by atoms with Gasteiger partial charge in [-0.05, 0) is 31.1 Å². The number of sulfonamides is 1. The molecule has 1 aliphatic heterocycles. The maximum Gasteiger partial charge on any atom is 0.279 e. The predicted octanol–water partition coefficient (Wildman–Crippen LogP) is 1.14. The highest BCUT2D eigenvalue weighted by Gasteiger charge is 2.24. The Kier molecular flexibility index (Phi) is 5.47. The van der Waals surface area contributed by atoms with E-state index in [9.17, 15) is 13.2 Å². The molecule has 0 bridgehead atoms. The van der Waals surface area contributed by atoms with Gasteiger partial charge in [0.15, 0.2) is 11.5 Å². The minimum Gasteiger partial charge on any atom is -0.382 e. The van der Waals surface area contributed by atoms with E-state index >= 15 is 0 Å². The van der Waals surface area contributed by atoms with Crippen molar-refractivity contribution in [3.05, 3.63) is 48.1 Å². The summed E-state index contributed by atoms with van der Waals surface area (Å²) in [6, 6.07) is 5.14. The summed E-state index contributed by atoms with van der Waals surface area (Å²) in [5.41, 5.74) is 7.15. The van der Waals surface area contributed by atoms with E-state index in [1.165, 1.54) is 10.5 Å². The van der Waals surface area contributed by atoms with Crippen molar-refractivity contribution in [2.75, 3.05) is 29.9 Å². The molecule has 0 saturated heterocycles. The fraction of sp³-hybridized carbons (Fsp3) is 0.294. The third kappa shape index (κ3) is 4.29. The fourth-order valence-electron chi connectivity index (χ4n) is 2.65. The highest BCUT2D eigenvalue weighted by Crippen LogP contribution is 2.23. The lowest BCUT2D eigenvalue weighted by Gasteiger charge is -2.25. The van der Waals surface area contributed by atoms with Crippen LogP contribution in [0.2, 0.25) is 0 Å². The second-order valence-electron chi connectivity index (χ2n) is 5.90. The molecule has 0 aliphatic carbocycles. The maximum absolute atomic E-state index is 12.5. The SMILES string of the molecule is CCS(=O)(=O)N1CC=C(c2cnc(N)c(C(=O)Nc3ccccn3)n2)CC1. The average Bonchev–Trinajstić information content (AvgIpc) is 2.69. The van der Waals surface area contributed by atoms with Gasteiger partial charge in [0.05, 0.1) is 17.6 Å². The number of nitrogens with one attached hydrogen (secondary N) is 1. The molecule has 2 aromatic heterocycles. The molecule has 2 aromatic rings. The van der Waals surface area contributed by atoms with Crippen molar-refractivity contribution < 1.29 is 13.2 Å². The number of nitrogens with two attached hydrogens (primary N) is 1. The van der Waals surface area contributed by atoms with Gasteiger partial charge >= 0.3 is 0 Å². The summed E-state index contributed by atoms with van der Waals surface area (Å²) in [5, 5.41) is 2.62. The zero-order valence-corrected chi connectivity index (χ0v) is 15.6. The van der Waals surface area contributed by atoms with E-state index in [4.69, 9.17) is 5.73 Å². The molecule has 0 saturated carbocycles. The average molecular weight is 388 g/mol. The van der Waals surface area contributed by atoms with Gasteiger partial charge in [0.1, 0.15) is 5.82 Å².